The van der Waals surface area contributed by atoms with Gasteiger partial charge in [-0.1, -0.05) is 32.9 Å². The summed E-state index contributed by atoms with van der Waals surface area (Å²) in [7, 11) is 0. The van der Waals surface area contributed by atoms with Gasteiger partial charge in [0.2, 0.25) is 0 Å². The summed E-state index contributed by atoms with van der Waals surface area (Å²) in [5, 5.41) is 14.5. The summed E-state index contributed by atoms with van der Waals surface area (Å²) in [6.07, 6.45) is 2.49. The first-order valence-electron chi connectivity index (χ1n) is 6.89. The Kier molecular flexibility index (Phi) is 4.27. The third kappa shape index (κ3) is 4.37. The molecule has 1 aromatic carbocycles. The molecule has 0 saturated carbocycles. The molecule has 1 unspecified atom stereocenters. The van der Waals surface area contributed by atoms with Crippen LogP contribution in [0.5, 0.6) is 0 Å². The zero-order chi connectivity index (χ0) is 13.9. The lowest BCUT2D eigenvalue weighted by Crippen LogP contribution is -2.29. The minimum Gasteiger partial charge on any atom is -0.392 e. The van der Waals surface area contributed by atoms with Gasteiger partial charge in [-0.2, -0.15) is 0 Å². The highest BCUT2D eigenvalue weighted by Crippen LogP contribution is 2.20. The molecular weight excluding hydrogens is 236 g/mol. The first-order valence-corrected chi connectivity index (χ1v) is 6.89. The highest BCUT2D eigenvalue weighted by molar-refractivity contribution is 5.79. The number of aliphatic hydroxyl groups is 1. The van der Waals surface area contributed by atoms with Crippen molar-refractivity contribution in [1.29, 1.82) is 0 Å². The molecule has 3 nitrogen and oxygen atoms in total. The number of nitrogens with one attached hydrogen (secondary N) is 2. The molecule has 3 heteroatoms. The summed E-state index contributed by atoms with van der Waals surface area (Å²) in [6.45, 7) is 7.87. The summed E-state index contributed by atoms with van der Waals surface area (Å²) >= 11 is 0. The number of aromatic amines is 1. The Bertz CT molecular complexity index is 525. The third-order valence-electron chi connectivity index (χ3n) is 3.18. The highest BCUT2D eigenvalue weighted by atomic mass is 16.3. The van der Waals surface area contributed by atoms with Crippen molar-refractivity contribution in [2.45, 2.75) is 39.8 Å². The van der Waals surface area contributed by atoms with Crippen LogP contribution in [-0.4, -0.2) is 22.7 Å². The number of H-pyrrole nitrogens is 1. The smallest absolute Gasteiger partial charge is 0.0669 e. The maximum absolute atomic E-state index is 9.93. The second kappa shape index (κ2) is 5.76. The van der Waals surface area contributed by atoms with Crippen LogP contribution in [0.1, 0.15) is 32.8 Å². The zero-order valence-electron chi connectivity index (χ0n) is 12.0. The Hall–Kier alpha value is -1.32. The van der Waals surface area contributed by atoms with Gasteiger partial charge in [0, 0.05) is 24.8 Å². The first-order chi connectivity index (χ1) is 8.94. The van der Waals surface area contributed by atoms with Crippen molar-refractivity contribution >= 4 is 10.9 Å². The van der Waals surface area contributed by atoms with Gasteiger partial charge in [-0.05, 0) is 34.9 Å². The molecule has 104 valence electrons. The molecule has 1 aromatic heterocycles. The molecule has 0 aliphatic carbocycles. The summed E-state index contributed by atoms with van der Waals surface area (Å²) in [6, 6.07) is 8.46. The van der Waals surface area contributed by atoms with E-state index in [9.17, 15) is 5.11 Å². The second-order valence-corrected chi connectivity index (χ2v) is 6.45. The van der Waals surface area contributed by atoms with E-state index in [1.54, 1.807) is 0 Å². The Balaban J connectivity index is 1.82. The van der Waals surface area contributed by atoms with Crippen molar-refractivity contribution in [2.24, 2.45) is 5.41 Å². The molecule has 0 saturated heterocycles. The average Bonchev–Trinajstić information content (AvgIpc) is 2.73. The fourth-order valence-electron chi connectivity index (χ4n) is 2.37. The number of fused-ring (bicyclic) bond motifs is 1. The van der Waals surface area contributed by atoms with Gasteiger partial charge in [-0.3, -0.25) is 0 Å². The summed E-state index contributed by atoms with van der Waals surface area (Å²) < 4.78 is 0. The van der Waals surface area contributed by atoms with Gasteiger partial charge in [0.25, 0.3) is 0 Å². The van der Waals surface area contributed by atoms with Crippen molar-refractivity contribution in [2.75, 3.05) is 6.54 Å². The number of hydrogen-bond acceptors (Lipinski definition) is 2. The number of benzene rings is 1. The predicted molar refractivity (Wildman–Crippen MR) is 80.1 cm³/mol. The van der Waals surface area contributed by atoms with Gasteiger partial charge in [-0.15, -0.1) is 0 Å². The number of hydrogen-bond donors (Lipinski definition) is 3. The van der Waals surface area contributed by atoms with Crippen molar-refractivity contribution in [3.05, 3.63) is 36.0 Å². The van der Waals surface area contributed by atoms with Crippen LogP contribution in [0.25, 0.3) is 10.9 Å². The van der Waals surface area contributed by atoms with Crippen LogP contribution in [0.3, 0.4) is 0 Å². The lowest BCUT2D eigenvalue weighted by Gasteiger charge is -2.22. The van der Waals surface area contributed by atoms with Crippen LogP contribution >= 0.6 is 0 Å². The van der Waals surface area contributed by atoms with Crippen molar-refractivity contribution in [3.8, 4) is 0 Å². The van der Waals surface area contributed by atoms with Crippen molar-refractivity contribution in [3.63, 3.8) is 0 Å². The quantitative estimate of drug-likeness (QED) is 0.774. The van der Waals surface area contributed by atoms with Crippen molar-refractivity contribution in [1.82, 2.24) is 10.3 Å². The number of aliphatic hydroxyl groups excluding tert-OH is 1. The minimum atomic E-state index is -0.283. The zero-order valence-corrected chi connectivity index (χ0v) is 12.0. The second-order valence-electron chi connectivity index (χ2n) is 6.45. The number of rotatable bonds is 5. The average molecular weight is 260 g/mol. The molecule has 1 atom stereocenters. The minimum absolute atomic E-state index is 0.171. The fraction of sp³-hybridized carbons (Fsp3) is 0.500. The molecule has 0 amide bonds. The van der Waals surface area contributed by atoms with Crippen molar-refractivity contribution < 1.29 is 5.11 Å². The maximum atomic E-state index is 9.93. The molecule has 3 N–H and O–H groups in total. The molecular formula is C16H24N2O. The molecule has 0 aliphatic heterocycles. The molecule has 2 rings (SSSR count). The monoisotopic (exact) mass is 260 g/mol. The van der Waals surface area contributed by atoms with Gasteiger partial charge >= 0.3 is 0 Å². The standard InChI is InChI=1S/C16H24N2O/c1-16(2,3)9-14(19)11-17-10-12-4-5-13-6-7-18-15(13)8-12/h4-8,14,17-19H,9-11H2,1-3H3. The first kappa shape index (κ1) is 14.1. The normalized spacial score (nSPS) is 13.9. The maximum Gasteiger partial charge on any atom is 0.0669 e. The molecule has 0 radical (unpaired) electrons. The van der Waals surface area contributed by atoms with Crippen LogP contribution in [0.4, 0.5) is 0 Å². The van der Waals surface area contributed by atoms with E-state index in [-0.39, 0.29) is 11.5 Å². The van der Waals surface area contributed by atoms with Gasteiger partial charge in [0.05, 0.1) is 6.10 Å². The summed E-state index contributed by atoms with van der Waals surface area (Å²) in [5.74, 6) is 0. The SMILES string of the molecule is CC(C)(C)CC(O)CNCc1ccc2cc[nH]c2c1. The molecule has 1 heterocycles. The van der Waals surface area contributed by atoms with E-state index in [4.69, 9.17) is 0 Å². The Morgan fingerprint density at radius 3 is 2.79 bits per heavy atom. The topological polar surface area (TPSA) is 48.0 Å². The lowest BCUT2D eigenvalue weighted by atomic mass is 9.89. The van der Waals surface area contributed by atoms with Crippen LogP contribution in [-0.2, 0) is 6.54 Å². The van der Waals surface area contributed by atoms with Crippen LogP contribution in [0, 0.1) is 5.41 Å². The summed E-state index contributed by atoms with van der Waals surface area (Å²) in [5.41, 5.74) is 2.57. The molecule has 19 heavy (non-hydrogen) atoms. The van der Waals surface area contributed by atoms with E-state index in [1.807, 2.05) is 6.20 Å². The molecule has 2 aromatic rings. The van der Waals surface area contributed by atoms with E-state index >= 15 is 0 Å². The number of aromatic nitrogens is 1. The summed E-state index contributed by atoms with van der Waals surface area (Å²) in [4.78, 5) is 3.21. The van der Waals surface area contributed by atoms with Gasteiger partial charge in [-0.25, -0.2) is 0 Å². The Morgan fingerprint density at radius 1 is 1.26 bits per heavy atom. The molecule has 0 spiro atoms. The third-order valence-corrected chi connectivity index (χ3v) is 3.18. The fourth-order valence-corrected chi connectivity index (χ4v) is 2.37. The van der Waals surface area contributed by atoms with E-state index in [1.165, 1.54) is 10.9 Å². The molecule has 0 fully saturated rings. The van der Waals surface area contributed by atoms with Crippen LogP contribution in [0.2, 0.25) is 0 Å². The van der Waals surface area contributed by atoms with Gasteiger partial charge < -0.3 is 15.4 Å². The van der Waals surface area contributed by atoms with E-state index in [0.29, 0.717) is 6.54 Å². The molecule has 0 aliphatic rings. The van der Waals surface area contributed by atoms with E-state index in [2.05, 4.69) is 55.3 Å². The Labute approximate surface area is 115 Å². The van der Waals surface area contributed by atoms with E-state index in [0.717, 1.165) is 18.5 Å². The van der Waals surface area contributed by atoms with Crippen LogP contribution in [0.15, 0.2) is 30.5 Å². The van der Waals surface area contributed by atoms with Gasteiger partial charge in [0.15, 0.2) is 0 Å². The van der Waals surface area contributed by atoms with Crippen LogP contribution < -0.4 is 5.32 Å². The van der Waals surface area contributed by atoms with E-state index < -0.39 is 0 Å². The van der Waals surface area contributed by atoms with Gasteiger partial charge in [0.1, 0.15) is 0 Å². The predicted octanol–water partition coefficient (Wildman–Crippen LogP) is 3.05. The molecule has 0 bridgehead atoms. The highest BCUT2D eigenvalue weighted by Gasteiger charge is 2.16. The largest absolute Gasteiger partial charge is 0.392 e. The lowest BCUT2D eigenvalue weighted by molar-refractivity contribution is 0.119. The Morgan fingerprint density at radius 2 is 2.05 bits per heavy atom.